The molecule has 0 aliphatic carbocycles. The number of nitrogens with zero attached hydrogens (tertiary/aromatic N) is 2. The number of aromatic nitrogens is 1. The molecule has 0 aromatic carbocycles. The third kappa shape index (κ3) is 3.73. The van der Waals surface area contributed by atoms with Gasteiger partial charge in [-0.15, -0.1) is 0 Å². The summed E-state index contributed by atoms with van der Waals surface area (Å²) in [6.07, 6.45) is 5.59. The molecule has 1 aromatic rings. The molecule has 0 amide bonds. The number of nitrogens with one attached hydrogen (secondary N) is 2. The number of pyridine rings is 1. The fraction of sp³-hybridized carbons (Fsp3) is 0.500. The molecule has 1 saturated heterocycles. The fourth-order valence-corrected chi connectivity index (χ4v) is 3.12. The minimum atomic E-state index is -3.58. The lowest BCUT2D eigenvalue weighted by Gasteiger charge is -2.11. The van der Waals surface area contributed by atoms with Crippen LogP contribution in [0.3, 0.4) is 0 Å². The Balaban J connectivity index is 1.95. The highest BCUT2D eigenvalue weighted by atomic mass is 32.2. The van der Waals surface area contributed by atoms with Crippen LogP contribution in [0.4, 0.5) is 0 Å². The summed E-state index contributed by atoms with van der Waals surface area (Å²) < 4.78 is 26.5. The first kappa shape index (κ1) is 13.9. The zero-order valence-corrected chi connectivity index (χ0v) is 11.3. The van der Waals surface area contributed by atoms with Crippen molar-refractivity contribution in [2.45, 2.75) is 30.2 Å². The maximum atomic E-state index is 12.0. The molecule has 6 nitrogen and oxygen atoms in total. The zero-order valence-electron chi connectivity index (χ0n) is 10.5. The highest BCUT2D eigenvalue weighted by Crippen LogP contribution is 2.11. The van der Waals surface area contributed by atoms with E-state index in [1.807, 2.05) is 6.07 Å². The van der Waals surface area contributed by atoms with Gasteiger partial charge in [0.05, 0.1) is 5.56 Å². The van der Waals surface area contributed by atoms with Crippen molar-refractivity contribution in [3.63, 3.8) is 0 Å². The van der Waals surface area contributed by atoms with E-state index in [2.05, 4.69) is 15.0 Å². The lowest BCUT2D eigenvalue weighted by atomic mass is 10.2. The van der Waals surface area contributed by atoms with Crippen LogP contribution < -0.4 is 10.0 Å². The van der Waals surface area contributed by atoms with Crippen molar-refractivity contribution in [1.82, 2.24) is 15.0 Å². The van der Waals surface area contributed by atoms with Gasteiger partial charge in [0.1, 0.15) is 11.0 Å². The number of hydrogen-bond acceptors (Lipinski definition) is 5. The summed E-state index contributed by atoms with van der Waals surface area (Å²) in [6, 6.07) is 3.59. The molecule has 1 aliphatic heterocycles. The van der Waals surface area contributed by atoms with Crippen molar-refractivity contribution in [2.24, 2.45) is 0 Å². The van der Waals surface area contributed by atoms with Gasteiger partial charge in [0.25, 0.3) is 0 Å². The van der Waals surface area contributed by atoms with Crippen LogP contribution in [0.2, 0.25) is 0 Å². The van der Waals surface area contributed by atoms with Gasteiger partial charge in [0, 0.05) is 25.0 Å². The molecule has 19 heavy (non-hydrogen) atoms. The van der Waals surface area contributed by atoms with Crippen molar-refractivity contribution >= 4 is 10.0 Å². The summed E-state index contributed by atoms with van der Waals surface area (Å²) >= 11 is 0. The van der Waals surface area contributed by atoms with E-state index in [1.54, 1.807) is 0 Å². The molecule has 2 rings (SSSR count). The summed E-state index contributed by atoms with van der Waals surface area (Å²) in [6.45, 7) is 1.39. The van der Waals surface area contributed by atoms with E-state index < -0.39 is 10.0 Å². The lowest BCUT2D eigenvalue weighted by Crippen LogP contribution is -2.30. The number of nitriles is 1. The van der Waals surface area contributed by atoms with Crippen molar-refractivity contribution in [2.75, 3.05) is 13.1 Å². The van der Waals surface area contributed by atoms with Gasteiger partial charge in [-0.1, -0.05) is 0 Å². The second-order valence-electron chi connectivity index (χ2n) is 4.50. The predicted octanol–water partition coefficient (Wildman–Crippen LogP) is 0.374. The van der Waals surface area contributed by atoms with E-state index in [0.717, 1.165) is 25.8 Å². The minimum Gasteiger partial charge on any atom is -0.314 e. The molecule has 0 spiro atoms. The lowest BCUT2D eigenvalue weighted by molar-refractivity contribution is 0.539. The van der Waals surface area contributed by atoms with Crippen LogP contribution in [-0.2, 0) is 10.0 Å². The first-order chi connectivity index (χ1) is 9.12. The van der Waals surface area contributed by atoms with Crippen LogP contribution >= 0.6 is 0 Å². The highest BCUT2D eigenvalue weighted by molar-refractivity contribution is 7.89. The molecule has 2 heterocycles. The monoisotopic (exact) mass is 280 g/mol. The van der Waals surface area contributed by atoms with Gasteiger partial charge < -0.3 is 5.32 Å². The Bertz CT molecular complexity index is 574. The first-order valence-electron chi connectivity index (χ1n) is 6.20. The normalized spacial score (nSPS) is 19.2. The topological polar surface area (TPSA) is 94.9 Å². The Kier molecular flexibility index (Phi) is 4.47. The molecular formula is C12H16N4O2S. The van der Waals surface area contributed by atoms with Gasteiger partial charge in [-0.25, -0.2) is 13.1 Å². The van der Waals surface area contributed by atoms with Crippen LogP contribution in [-0.4, -0.2) is 32.5 Å². The van der Waals surface area contributed by atoms with E-state index >= 15 is 0 Å². The Labute approximate surface area is 112 Å². The summed E-state index contributed by atoms with van der Waals surface area (Å²) in [5.41, 5.74) is 0.236. The van der Waals surface area contributed by atoms with Crippen molar-refractivity contribution < 1.29 is 8.42 Å². The van der Waals surface area contributed by atoms with Gasteiger partial charge >= 0.3 is 0 Å². The molecule has 0 radical (unpaired) electrons. The van der Waals surface area contributed by atoms with E-state index in [9.17, 15) is 8.42 Å². The van der Waals surface area contributed by atoms with Crippen LogP contribution in [0.1, 0.15) is 24.8 Å². The molecular weight excluding hydrogens is 264 g/mol. The summed E-state index contributed by atoms with van der Waals surface area (Å²) in [4.78, 5) is 3.79. The standard InChI is InChI=1S/C12H16N4O2S/c13-7-10-6-12(9-14-8-10)19(17,18)16-5-3-11-2-1-4-15-11/h6,8-9,11,15-16H,1-5H2/t11-/m1/s1. The van der Waals surface area contributed by atoms with E-state index in [1.165, 1.54) is 18.5 Å². The van der Waals surface area contributed by atoms with Gasteiger partial charge in [-0.05, 0) is 31.9 Å². The van der Waals surface area contributed by atoms with Crippen LogP contribution in [0.25, 0.3) is 0 Å². The summed E-state index contributed by atoms with van der Waals surface area (Å²) in [5, 5.41) is 12.0. The highest BCUT2D eigenvalue weighted by Gasteiger charge is 2.17. The maximum absolute atomic E-state index is 12.0. The number of hydrogen-bond donors (Lipinski definition) is 2. The molecule has 1 aromatic heterocycles. The number of sulfonamides is 1. The molecule has 1 fully saturated rings. The smallest absolute Gasteiger partial charge is 0.242 e. The molecule has 1 aliphatic rings. The second kappa shape index (κ2) is 6.10. The summed E-state index contributed by atoms with van der Waals surface area (Å²) in [5.74, 6) is 0. The van der Waals surface area contributed by atoms with Gasteiger partial charge in [-0.2, -0.15) is 5.26 Å². The molecule has 102 valence electrons. The van der Waals surface area contributed by atoms with Crippen molar-refractivity contribution in [1.29, 1.82) is 5.26 Å². The second-order valence-corrected chi connectivity index (χ2v) is 6.27. The van der Waals surface area contributed by atoms with E-state index in [-0.39, 0.29) is 10.5 Å². The van der Waals surface area contributed by atoms with Gasteiger partial charge in [-0.3, -0.25) is 4.98 Å². The van der Waals surface area contributed by atoms with Gasteiger partial charge in [0.2, 0.25) is 10.0 Å². The quantitative estimate of drug-likeness (QED) is 0.812. The van der Waals surface area contributed by atoms with Crippen LogP contribution in [0, 0.1) is 11.3 Å². The Morgan fingerprint density at radius 1 is 1.53 bits per heavy atom. The molecule has 0 bridgehead atoms. The Morgan fingerprint density at radius 3 is 3.05 bits per heavy atom. The van der Waals surface area contributed by atoms with E-state index in [0.29, 0.717) is 12.6 Å². The van der Waals surface area contributed by atoms with Crippen LogP contribution in [0.5, 0.6) is 0 Å². The zero-order chi connectivity index (χ0) is 13.7. The fourth-order valence-electron chi connectivity index (χ4n) is 2.08. The summed E-state index contributed by atoms with van der Waals surface area (Å²) in [7, 11) is -3.58. The van der Waals surface area contributed by atoms with Crippen molar-refractivity contribution in [3.8, 4) is 6.07 Å². The Morgan fingerprint density at radius 2 is 2.37 bits per heavy atom. The third-order valence-electron chi connectivity index (χ3n) is 3.10. The first-order valence-corrected chi connectivity index (χ1v) is 7.68. The Hall–Kier alpha value is -1.49. The molecule has 7 heteroatoms. The molecule has 1 atom stereocenters. The molecule has 2 N–H and O–H groups in total. The minimum absolute atomic E-state index is 0.0333. The van der Waals surface area contributed by atoms with Crippen molar-refractivity contribution in [3.05, 3.63) is 24.0 Å². The third-order valence-corrected chi connectivity index (χ3v) is 4.53. The molecule has 0 saturated carbocycles. The van der Waals surface area contributed by atoms with E-state index in [4.69, 9.17) is 5.26 Å². The predicted molar refractivity (Wildman–Crippen MR) is 69.8 cm³/mol. The largest absolute Gasteiger partial charge is 0.314 e. The number of rotatable bonds is 5. The SMILES string of the molecule is N#Cc1cncc(S(=O)(=O)NCC[C@H]2CCCN2)c1. The van der Waals surface area contributed by atoms with Crippen LogP contribution in [0.15, 0.2) is 23.4 Å². The average Bonchev–Trinajstić information content (AvgIpc) is 2.92. The average molecular weight is 280 g/mol. The maximum Gasteiger partial charge on any atom is 0.242 e. The molecule has 0 unspecified atom stereocenters. The van der Waals surface area contributed by atoms with Gasteiger partial charge in [0.15, 0.2) is 0 Å².